The van der Waals surface area contributed by atoms with Crippen LogP contribution >= 0.6 is 0 Å². The maximum atomic E-state index is 4.47. The summed E-state index contributed by atoms with van der Waals surface area (Å²) in [5.41, 5.74) is 0. The average Bonchev–Trinajstić information content (AvgIpc) is 2.97. The monoisotopic (exact) mass is 250 g/mol. The molecule has 0 amide bonds. The minimum Gasteiger partial charge on any atom is -0.353 e. The quantitative estimate of drug-likeness (QED) is 0.842. The number of aromatic nitrogens is 2. The van der Waals surface area contributed by atoms with Crippen LogP contribution in [-0.2, 0) is 0 Å². The number of nitrogens with zero attached hydrogens (tertiary/aromatic N) is 3. The Bertz CT molecular complexity index is 352. The van der Waals surface area contributed by atoms with E-state index in [0.29, 0.717) is 12.1 Å². The van der Waals surface area contributed by atoms with Crippen molar-refractivity contribution < 1.29 is 0 Å². The molecule has 1 aromatic rings. The Morgan fingerprint density at radius 1 is 1.44 bits per heavy atom. The third-order valence-corrected chi connectivity index (χ3v) is 3.83. The van der Waals surface area contributed by atoms with Gasteiger partial charge in [-0.1, -0.05) is 12.8 Å². The molecular formula is C14H26N4. The molecular weight excluding hydrogens is 224 g/mol. The summed E-state index contributed by atoms with van der Waals surface area (Å²) in [6.07, 6.45) is 10.4. The van der Waals surface area contributed by atoms with Crippen LogP contribution in [0, 0.1) is 0 Å². The molecule has 0 aliphatic heterocycles. The van der Waals surface area contributed by atoms with Crippen LogP contribution in [0.2, 0.25) is 0 Å². The van der Waals surface area contributed by atoms with Gasteiger partial charge in [0.05, 0.1) is 0 Å². The second-order valence-corrected chi connectivity index (χ2v) is 5.72. The van der Waals surface area contributed by atoms with E-state index in [1.165, 1.54) is 25.7 Å². The molecule has 0 aromatic carbocycles. The molecule has 1 unspecified atom stereocenters. The van der Waals surface area contributed by atoms with E-state index in [9.17, 15) is 0 Å². The van der Waals surface area contributed by atoms with Crippen LogP contribution in [0.4, 0.5) is 5.95 Å². The average molecular weight is 250 g/mol. The Hall–Kier alpha value is -1.03. The van der Waals surface area contributed by atoms with E-state index >= 15 is 0 Å². The molecule has 0 spiro atoms. The summed E-state index contributed by atoms with van der Waals surface area (Å²) in [6, 6.07) is 1.13. The summed E-state index contributed by atoms with van der Waals surface area (Å²) >= 11 is 0. The van der Waals surface area contributed by atoms with Crippen LogP contribution in [0.5, 0.6) is 0 Å². The van der Waals surface area contributed by atoms with E-state index in [4.69, 9.17) is 0 Å². The number of imidazole rings is 1. The standard InChI is InChI=1S/C14H26N4/c1-12(8-10-17(2)3)18-11-9-15-14(18)16-13-6-4-5-7-13/h9,11-13H,4-8,10H2,1-3H3,(H,15,16). The number of hydrogen-bond donors (Lipinski definition) is 1. The minimum absolute atomic E-state index is 0.499. The van der Waals surface area contributed by atoms with Gasteiger partial charge in [-0.3, -0.25) is 0 Å². The second-order valence-electron chi connectivity index (χ2n) is 5.72. The SMILES string of the molecule is CC(CCN(C)C)n1ccnc1NC1CCCC1. The fraction of sp³-hybridized carbons (Fsp3) is 0.786. The van der Waals surface area contributed by atoms with Gasteiger partial charge in [0.25, 0.3) is 0 Å². The van der Waals surface area contributed by atoms with Crippen LogP contribution in [0.15, 0.2) is 12.4 Å². The molecule has 1 aliphatic carbocycles. The molecule has 18 heavy (non-hydrogen) atoms. The predicted octanol–water partition coefficient (Wildman–Crippen LogP) is 2.75. The Labute approximate surface area is 110 Å². The van der Waals surface area contributed by atoms with Gasteiger partial charge < -0.3 is 14.8 Å². The lowest BCUT2D eigenvalue weighted by Crippen LogP contribution is -2.21. The van der Waals surface area contributed by atoms with Gasteiger partial charge in [-0.2, -0.15) is 0 Å². The van der Waals surface area contributed by atoms with Crippen LogP contribution < -0.4 is 5.32 Å². The zero-order valence-corrected chi connectivity index (χ0v) is 11.9. The number of hydrogen-bond acceptors (Lipinski definition) is 3. The van der Waals surface area contributed by atoms with Crippen molar-refractivity contribution in [1.29, 1.82) is 0 Å². The Morgan fingerprint density at radius 3 is 2.83 bits per heavy atom. The van der Waals surface area contributed by atoms with E-state index in [1.54, 1.807) is 0 Å². The summed E-state index contributed by atoms with van der Waals surface area (Å²) in [5.74, 6) is 1.05. The van der Waals surface area contributed by atoms with Crippen molar-refractivity contribution in [3.63, 3.8) is 0 Å². The van der Waals surface area contributed by atoms with Gasteiger partial charge in [-0.05, 0) is 46.8 Å². The maximum absolute atomic E-state index is 4.47. The zero-order chi connectivity index (χ0) is 13.0. The molecule has 0 radical (unpaired) electrons. The molecule has 0 saturated heterocycles. The summed E-state index contributed by atoms with van der Waals surface area (Å²) in [5, 5.41) is 3.60. The fourth-order valence-electron chi connectivity index (χ4n) is 2.62. The first kappa shape index (κ1) is 13.4. The zero-order valence-electron chi connectivity index (χ0n) is 11.9. The van der Waals surface area contributed by atoms with Gasteiger partial charge in [0.1, 0.15) is 0 Å². The highest BCUT2D eigenvalue weighted by molar-refractivity contribution is 5.28. The smallest absolute Gasteiger partial charge is 0.203 e. The third-order valence-electron chi connectivity index (χ3n) is 3.83. The van der Waals surface area contributed by atoms with Crippen molar-refractivity contribution in [1.82, 2.24) is 14.5 Å². The molecule has 2 rings (SSSR count). The summed E-state index contributed by atoms with van der Waals surface area (Å²) < 4.78 is 2.28. The normalized spacial score (nSPS) is 18.4. The van der Waals surface area contributed by atoms with Gasteiger partial charge >= 0.3 is 0 Å². The van der Waals surface area contributed by atoms with E-state index in [2.05, 4.69) is 47.0 Å². The van der Waals surface area contributed by atoms with Crippen molar-refractivity contribution >= 4 is 5.95 Å². The van der Waals surface area contributed by atoms with Gasteiger partial charge in [0, 0.05) is 24.5 Å². The fourth-order valence-corrected chi connectivity index (χ4v) is 2.62. The second kappa shape index (κ2) is 6.23. The molecule has 0 bridgehead atoms. The Kier molecular flexibility index (Phi) is 4.64. The predicted molar refractivity (Wildman–Crippen MR) is 76.0 cm³/mol. The lowest BCUT2D eigenvalue weighted by Gasteiger charge is -2.21. The first-order chi connectivity index (χ1) is 8.66. The highest BCUT2D eigenvalue weighted by Crippen LogP contribution is 2.23. The number of anilines is 1. The molecule has 1 N–H and O–H groups in total. The summed E-state index contributed by atoms with van der Waals surface area (Å²) in [6.45, 7) is 3.38. The number of nitrogens with one attached hydrogen (secondary N) is 1. The van der Waals surface area contributed by atoms with Crippen LogP contribution in [0.1, 0.15) is 45.1 Å². The van der Waals surface area contributed by atoms with Crippen molar-refractivity contribution in [3.8, 4) is 0 Å². The van der Waals surface area contributed by atoms with E-state index in [1.807, 2.05) is 6.20 Å². The van der Waals surface area contributed by atoms with Crippen LogP contribution in [0.3, 0.4) is 0 Å². The molecule has 1 aromatic heterocycles. The molecule has 102 valence electrons. The van der Waals surface area contributed by atoms with E-state index in [0.717, 1.165) is 18.9 Å². The van der Waals surface area contributed by atoms with Crippen molar-refractivity contribution in [3.05, 3.63) is 12.4 Å². The van der Waals surface area contributed by atoms with Gasteiger partial charge in [0.15, 0.2) is 0 Å². The van der Waals surface area contributed by atoms with Crippen molar-refractivity contribution in [2.45, 2.75) is 51.1 Å². The molecule has 1 atom stereocenters. The van der Waals surface area contributed by atoms with Crippen molar-refractivity contribution in [2.24, 2.45) is 0 Å². The van der Waals surface area contributed by atoms with E-state index < -0.39 is 0 Å². The molecule has 1 aliphatic rings. The highest BCUT2D eigenvalue weighted by atomic mass is 15.2. The summed E-state index contributed by atoms with van der Waals surface area (Å²) in [7, 11) is 4.25. The topological polar surface area (TPSA) is 33.1 Å². The Balaban J connectivity index is 1.93. The summed E-state index contributed by atoms with van der Waals surface area (Å²) in [4.78, 5) is 6.70. The largest absolute Gasteiger partial charge is 0.353 e. The molecule has 1 heterocycles. The lowest BCUT2D eigenvalue weighted by molar-refractivity contribution is 0.358. The van der Waals surface area contributed by atoms with E-state index in [-0.39, 0.29) is 0 Å². The van der Waals surface area contributed by atoms with Gasteiger partial charge in [0.2, 0.25) is 5.95 Å². The molecule has 1 fully saturated rings. The molecule has 4 heteroatoms. The molecule has 4 nitrogen and oxygen atoms in total. The first-order valence-electron chi connectivity index (χ1n) is 7.11. The van der Waals surface area contributed by atoms with Crippen LogP contribution in [0.25, 0.3) is 0 Å². The number of rotatable bonds is 6. The maximum Gasteiger partial charge on any atom is 0.203 e. The van der Waals surface area contributed by atoms with Crippen molar-refractivity contribution in [2.75, 3.05) is 26.0 Å². The first-order valence-corrected chi connectivity index (χ1v) is 7.11. The van der Waals surface area contributed by atoms with Gasteiger partial charge in [-0.25, -0.2) is 4.98 Å². The highest BCUT2D eigenvalue weighted by Gasteiger charge is 2.18. The lowest BCUT2D eigenvalue weighted by atomic mass is 10.2. The van der Waals surface area contributed by atoms with Gasteiger partial charge in [-0.15, -0.1) is 0 Å². The third kappa shape index (κ3) is 3.48. The van der Waals surface area contributed by atoms with Crippen LogP contribution in [-0.4, -0.2) is 41.1 Å². The minimum atomic E-state index is 0.499. The molecule has 1 saturated carbocycles. The Morgan fingerprint density at radius 2 is 2.17 bits per heavy atom.